The van der Waals surface area contributed by atoms with Gasteiger partial charge in [-0.15, -0.1) is 11.3 Å². The minimum atomic E-state index is -1.16. The van der Waals surface area contributed by atoms with E-state index in [1.165, 1.54) is 0 Å². The smallest absolute Gasteiger partial charge is 0.280 e. The van der Waals surface area contributed by atoms with E-state index in [2.05, 4.69) is 0 Å². The molecule has 2 aliphatic rings. The molecule has 5 nitrogen and oxygen atoms in total. The molecule has 1 aromatic carbocycles. The summed E-state index contributed by atoms with van der Waals surface area (Å²) in [6, 6.07) is 7.98. The van der Waals surface area contributed by atoms with Crippen molar-refractivity contribution in [3.63, 3.8) is 0 Å². The van der Waals surface area contributed by atoms with Crippen molar-refractivity contribution in [1.29, 1.82) is 0 Å². The quantitative estimate of drug-likeness (QED) is 0.801. The van der Waals surface area contributed by atoms with Gasteiger partial charge in [0.2, 0.25) is 5.60 Å². The molecule has 0 bridgehead atoms. The summed E-state index contributed by atoms with van der Waals surface area (Å²) in [5.74, 6) is 1.25. The van der Waals surface area contributed by atoms with Crippen LogP contribution in [0, 0.1) is 0 Å². The van der Waals surface area contributed by atoms with E-state index in [9.17, 15) is 4.79 Å². The van der Waals surface area contributed by atoms with Crippen LogP contribution in [0.5, 0.6) is 5.75 Å². The molecule has 2 aromatic rings. The van der Waals surface area contributed by atoms with E-state index < -0.39 is 5.60 Å². The first-order chi connectivity index (χ1) is 13.0. The van der Waals surface area contributed by atoms with E-state index in [1.807, 2.05) is 73.8 Å². The van der Waals surface area contributed by atoms with Gasteiger partial charge < -0.3 is 19.3 Å². The lowest BCUT2D eigenvalue weighted by Gasteiger charge is -2.23. The summed E-state index contributed by atoms with van der Waals surface area (Å²) in [5.41, 5.74) is 1.43. The molecule has 27 heavy (non-hydrogen) atoms. The van der Waals surface area contributed by atoms with Crippen molar-refractivity contribution in [1.82, 2.24) is 0 Å². The highest BCUT2D eigenvalue weighted by atomic mass is 32.1. The Bertz CT molecular complexity index is 947. The number of methoxy groups -OCH3 is 1. The first-order valence-corrected chi connectivity index (χ1v) is 9.73. The number of likely N-dealkylation sites (N-methyl/N-ethyl adjacent to an activating group) is 1. The molecule has 3 heterocycles. The number of nitrogens with zero attached hydrogens (tertiary/aromatic N) is 2. The van der Waals surface area contributed by atoms with Crippen molar-refractivity contribution in [2.24, 2.45) is 0 Å². The topological polar surface area (TPSA) is 42.0 Å². The Morgan fingerprint density at radius 1 is 1.37 bits per heavy atom. The first-order valence-electron chi connectivity index (χ1n) is 8.85. The zero-order chi connectivity index (χ0) is 19.2. The lowest BCUT2D eigenvalue weighted by atomic mass is 9.94. The molecule has 1 spiro atoms. The maximum atomic E-state index is 13.4. The Hall–Kier alpha value is -2.73. The molecular formula is C21H22N2O3S. The lowest BCUT2D eigenvalue weighted by molar-refractivity contribution is -0.132. The highest BCUT2D eigenvalue weighted by Crippen LogP contribution is 2.53. The molecular weight excluding hydrogens is 360 g/mol. The number of fused-ring (bicyclic) bond motifs is 2. The fraction of sp³-hybridized carbons (Fsp3) is 0.286. The number of rotatable bonds is 4. The van der Waals surface area contributed by atoms with Gasteiger partial charge >= 0.3 is 0 Å². The maximum Gasteiger partial charge on any atom is 0.280 e. The van der Waals surface area contributed by atoms with Gasteiger partial charge in [0.1, 0.15) is 11.5 Å². The van der Waals surface area contributed by atoms with Gasteiger partial charge in [0, 0.05) is 37.3 Å². The molecule has 0 saturated carbocycles. The van der Waals surface area contributed by atoms with Gasteiger partial charge in [-0.2, -0.15) is 0 Å². The van der Waals surface area contributed by atoms with Crippen molar-refractivity contribution in [3.05, 3.63) is 58.0 Å². The second-order valence-corrected chi connectivity index (χ2v) is 7.70. The van der Waals surface area contributed by atoms with Gasteiger partial charge in [0.15, 0.2) is 0 Å². The number of benzene rings is 1. The van der Waals surface area contributed by atoms with Crippen LogP contribution in [0.3, 0.4) is 0 Å². The van der Waals surface area contributed by atoms with Gasteiger partial charge in [-0.3, -0.25) is 4.79 Å². The van der Waals surface area contributed by atoms with E-state index in [4.69, 9.17) is 9.47 Å². The molecule has 1 aromatic heterocycles. The predicted octanol–water partition coefficient (Wildman–Crippen LogP) is 4.01. The number of carbonyl (C=O) groups excluding carboxylic acids is 1. The van der Waals surface area contributed by atoms with Crippen LogP contribution in [-0.2, 0) is 15.1 Å². The van der Waals surface area contributed by atoms with Crippen LogP contribution in [0.25, 0.3) is 6.08 Å². The Balaban J connectivity index is 1.85. The summed E-state index contributed by atoms with van der Waals surface area (Å²) in [4.78, 5) is 18.2. The standard InChI is InChI=1S/C21H22N2O3S/c1-5-23-17-11-14(22(2)3)12-18(25-4)19(17)21(20(23)24)9-8-15(26-21)13-16-7-6-10-27-16/h6-13H,5H2,1-4H3/b15-13-. The number of ether oxygens (including phenoxy) is 2. The van der Waals surface area contributed by atoms with E-state index in [1.54, 1.807) is 23.3 Å². The maximum absolute atomic E-state index is 13.4. The van der Waals surface area contributed by atoms with Crippen LogP contribution >= 0.6 is 11.3 Å². The number of allylic oxidation sites excluding steroid dienone is 1. The summed E-state index contributed by atoms with van der Waals surface area (Å²) >= 11 is 1.63. The normalized spacial score (nSPS) is 21.9. The molecule has 1 unspecified atom stereocenters. The highest BCUT2D eigenvalue weighted by molar-refractivity contribution is 7.10. The zero-order valence-corrected chi connectivity index (χ0v) is 16.7. The summed E-state index contributed by atoms with van der Waals surface area (Å²) in [6.07, 6.45) is 5.68. The molecule has 0 aliphatic carbocycles. The van der Waals surface area contributed by atoms with Crippen LogP contribution in [-0.4, -0.2) is 33.7 Å². The molecule has 0 radical (unpaired) electrons. The van der Waals surface area contributed by atoms with Crippen LogP contribution in [0.15, 0.2) is 47.6 Å². The van der Waals surface area contributed by atoms with Crippen LogP contribution in [0.2, 0.25) is 0 Å². The molecule has 4 rings (SSSR count). The van der Waals surface area contributed by atoms with E-state index in [0.717, 1.165) is 21.8 Å². The highest BCUT2D eigenvalue weighted by Gasteiger charge is 2.55. The third-order valence-corrected chi connectivity index (χ3v) is 5.75. The molecule has 1 atom stereocenters. The van der Waals surface area contributed by atoms with Crippen molar-refractivity contribution in [2.75, 3.05) is 37.5 Å². The third-order valence-electron chi connectivity index (χ3n) is 4.93. The fourth-order valence-corrected chi connectivity index (χ4v) is 4.27. The van der Waals surface area contributed by atoms with Crippen molar-refractivity contribution < 1.29 is 14.3 Å². The number of amides is 1. The van der Waals surface area contributed by atoms with Gasteiger partial charge in [-0.25, -0.2) is 0 Å². The Morgan fingerprint density at radius 3 is 2.81 bits per heavy atom. The molecule has 6 heteroatoms. The molecule has 140 valence electrons. The van der Waals surface area contributed by atoms with Crippen molar-refractivity contribution >= 4 is 34.7 Å². The second kappa shape index (κ2) is 6.46. The first kappa shape index (κ1) is 17.7. The average Bonchev–Trinajstić information content (AvgIpc) is 3.36. The Labute approximate surface area is 163 Å². The molecule has 0 fully saturated rings. The monoisotopic (exact) mass is 382 g/mol. The second-order valence-electron chi connectivity index (χ2n) is 6.72. The van der Waals surface area contributed by atoms with Crippen LogP contribution in [0.1, 0.15) is 17.4 Å². The number of thiophene rings is 1. The van der Waals surface area contributed by atoms with Gasteiger partial charge in [-0.1, -0.05) is 6.07 Å². The lowest BCUT2D eigenvalue weighted by Crippen LogP contribution is -2.39. The minimum absolute atomic E-state index is 0.0833. The molecule has 0 N–H and O–H groups in total. The van der Waals surface area contributed by atoms with Crippen molar-refractivity contribution in [2.45, 2.75) is 12.5 Å². The zero-order valence-electron chi connectivity index (χ0n) is 15.9. The summed E-state index contributed by atoms with van der Waals surface area (Å²) in [6.45, 7) is 2.53. The van der Waals surface area contributed by atoms with Crippen LogP contribution in [0.4, 0.5) is 11.4 Å². The van der Waals surface area contributed by atoms with E-state index >= 15 is 0 Å². The molecule has 2 aliphatic heterocycles. The van der Waals surface area contributed by atoms with Gasteiger partial charge in [-0.05, 0) is 42.7 Å². The largest absolute Gasteiger partial charge is 0.496 e. The van der Waals surface area contributed by atoms with Crippen molar-refractivity contribution in [3.8, 4) is 5.75 Å². The SMILES string of the molecule is CCN1C(=O)C2(C=C/C(=C/c3cccs3)O2)c2c(OC)cc(N(C)C)cc21. The predicted molar refractivity (Wildman–Crippen MR) is 110 cm³/mol. The Kier molecular flexibility index (Phi) is 4.23. The number of hydrogen-bond acceptors (Lipinski definition) is 5. The average molecular weight is 382 g/mol. The van der Waals surface area contributed by atoms with E-state index in [0.29, 0.717) is 18.1 Å². The summed E-state index contributed by atoms with van der Waals surface area (Å²) in [7, 11) is 5.57. The summed E-state index contributed by atoms with van der Waals surface area (Å²) < 4.78 is 11.9. The molecule has 0 saturated heterocycles. The number of carbonyl (C=O) groups is 1. The third kappa shape index (κ3) is 2.63. The fourth-order valence-electron chi connectivity index (χ4n) is 3.62. The summed E-state index contributed by atoms with van der Waals surface area (Å²) in [5, 5.41) is 2.02. The minimum Gasteiger partial charge on any atom is -0.496 e. The van der Waals surface area contributed by atoms with E-state index in [-0.39, 0.29) is 5.91 Å². The van der Waals surface area contributed by atoms with Gasteiger partial charge in [0.25, 0.3) is 5.91 Å². The molecule has 1 amide bonds. The van der Waals surface area contributed by atoms with Gasteiger partial charge in [0.05, 0.1) is 18.4 Å². The van der Waals surface area contributed by atoms with Crippen LogP contribution < -0.4 is 14.5 Å². The number of anilines is 2. The number of hydrogen-bond donors (Lipinski definition) is 0. The Morgan fingerprint density at radius 2 is 2.19 bits per heavy atom.